The Labute approximate surface area is 140 Å². The van der Waals surface area contributed by atoms with Crippen LogP contribution >= 0.6 is 12.2 Å². The minimum Gasteiger partial charge on any atom is -0.354 e. The molecule has 0 spiro atoms. The highest BCUT2D eigenvalue weighted by Gasteiger charge is 2.10. The van der Waals surface area contributed by atoms with Crippen LogP contribution in [0.15, 0.2) is 67.0 Å². The largest absolute Gasteiger partial charge is 0.354 e. The molecule has 3 aromatic rings. The zero-order chi connectivity index (χ0) is 16.1. The molecule has 0 fully saturated rings. The van der Waals surface area contributed by atoms with E-state index in [2.05, 4.69) is 15.6 Å². The van der Waals surface area contributed by atoms with Crippen molar-refractivity contribution < 1.29 is 0 Å². The van der Waals surface area contributed by atoms with Gasteiger partial charge < -0.3 is 16.4 Å². The molecule has 3 rings (SSSR count). The van der Waals surface area contributed by atoms with Gasteiger partial charge in [0.1, 0.15) is 0 Å². The minimum atomic E-state index is -0.0131. The normalized spacial score (nSPS) is 11.9. The highest BCUT2D eigenvalue weighted by Crippen LogP contribution is 2.18. The van der Waals surface area contributed by atoms with Crippen LogP contribution in [0.4, 0.5) is 5.69 Å². The van der Waals surface area contributed by atoms with E-state index in [1.807, 2.05) is 60.8 Å². The highest BCUT2D eigenvalue weighted by molar-refractivity contribution is 7.80. The third-order valence-electron chi connectivity index (χ3n) is 3.64. The number of pyridine rings is 1. The van der Waals surface area contributed by atoms with Crippen LogP contribution in [0.25, 0.3) is 10.8 Å². The van der Waals surface area contributed by atoms with Crippen molar-refractivity contribution in [2.75, 3.05) is 11.9 Å². The summed E-state index contributed by atoms with van der Waals surface area (Å²) >= 11 is 5.41. The molecule has 4 nitrogen and oxygen atoms in total. The average Bonchev–Trinajstić information content (AvgIpc) is 2.60. The molecule has 5 heteroatoms. The number of aromatic nitrogens is 1. The van der Waals surface area contributed by atoms with Gasteiger partial charge in [0.25, 0.3) is 0 Å². The molecule has 2 aromatic carbocycles. The lowest BCUT2D eigenvalue weighted by Gasteiger charge is -2.20. The van der Waals surface area contributed by atoms with Crippen molar-refractivity contribution in [3.8, 4) is 0 Å². The molecule has 4 N–H and O–H groups in total. The van der Waals surface area contributed by atoms with Crippen molar-refractivity contribution in [1.29, 1.82) is 0 Å². The SMILES string of the molecule is NCC(NC(=S)Nc1ccc2cnccc2c1)c1ccccc1. The van der Waals surface area contributed by atoms with Crippen LogP contribution in [0.2, 0.25) is 0 Å². The maximum absolute atomic E-state index is 5.86. The summed E-state index contributed by atoms with van der Waals surface area (Å²) < 4.78 is 0. The van der Waals surface area contributed by atoms with Gasteiger partial charge in [-0.15, -0.1) is 0 Å². The second kappa shape index (κ2) is 7.17. The number of nitrogens with zero attached hydrogens (tertiary/aromatic N) is 1. The summed E-state index contributed by atoms with van der Waals surface area (Å²) in [7, 11) is 0. The number of rotatable bonds is 4. The van der Waals surface area contributed by atoms with Crippen LogP contribution in [-0.2, 0) is 0 Å². The number of hydrogen-bond donors (Lipinski definition) is 3. The molecule has 116 valence electrons. The minimum absolute atomic E-state index is 0.0131. The van der Waals surface area contributed by atoms with E-state index in [9.17, 15) is 0 Å². The molecule has 23 heavy (non-hydrogen) atoms. The molecule has 1 heterocycles. The molecule has 0 saturated heterocycles. The maximum atomic E-state index is 5.86. The predicted octanol–water partition coefficient (Wildman–Crippen LogP) is 3.22. The molecule has 0 radical (unpaired) electrons. The van der Waals surface area contributed by atoms with E-state index >= 15 is 0 Å². The fourth-order valence-electron chi connectivity index (χ4n) is 2.45. The Morgan fingerprint density at radius 2 is 1.91 bits per heavy atom. The van der Waals surface area contributed by atoms with Gasteiger partial charge in [-0.05, 0) is 41.4 Å². The molecule has 0 bridgehead atoms. The Morgan fingerprint density at radius 3 is 2.70 bits per heavy atom. The predicted molar refractivity (Wildman–Crippen MR) is 99.3 cm³/mol. The molecule has 0 aliphatic heterocycles. The molecular formula is C18H18N4S. The number of hydrogen-bond acceptors (Lipinski definition) is 3. The summed E-state index contributed by atoms with van der Waals surface area (Å²) in [6, 6.07) is 18.1. The van der Waals surface area contributed by atoms with Crippen molar-refractivity contribution in [1.82, 2.24) is 10.3 Å². The Hall–Kier alpha value is -2.50. The Morgan fingerprint density at radius 1 is 1.09 bits per heavy atom. The first-order valence-electron chi connectivity index (χ1n) is 7.42. The van der Waals surface area contributed by atoms with Crippen LogP contribution < -0.4 is 16.4 Å². The van der Waals surface area contributed by atoms with Gasteiger partial charge in [-0.25, -0.2) is 0 Å². The number of nitrogens with one attached hydrogen (secondary N) is 2. The average molecular weight is 322 g/mol. The fourth-order valence-corrected chi connectivity index (χ4v) is 2.71. The van der Waals surface area contributed by atoms with Gasteiger partial charge in [0.15, 0.2) is 5.11 Å². The molecule has 1 aromatic heterocycles. The van der Waals surface area contributed by atoms with Crippen molar-refractivity contribution >= 4 is 33.8 Å². The molecule has 1 atom stereocenters. The monoisotopic (exact) mass is 322 g/mol. The quantitative estimate of drug-likeness (QED) is 0.644. The van der Waals surface area contributed by atoms with Crippen molar-refractivity contribution in [3.63, 3.8) is 0 Å². The summed E-state index contributed by atoms with van der Waals surface area (Å²) in [6.07, 6.45) is 3.62. The summed E-state index contributed by atoms with van der Waals surface area (Å²) in [5.41, 5.74) is 7.91. The van der Waals surface area contributed by atoms with E-state index in [0.717, 1.165) is 22.0 Å². The number of benzene rings is 2. The van der Waals surface area contributed by atoms with Gasteiger partial charge >= 0.3 is 0 Å². The third-order valence-corrected chi connectivity index (χ3v) is 3.86. The standard InChI is InChI=1S/C18H18N4S/c19-11-17(13-4-2-1-3-5-13)22-18(23)21-16-7-6-15-12-20-9-8-14(15)10-16/h1-10,12,17H,11,19H2,(H2,21,22,23). The second-order valence-electron chi connectivity index (χ2n) is 5.24. The lowest BCUT2D eigenvalue weighted by Crippen LogP contribution is -2.36. The second-order valence-corrected chi connectivity index (χ2v) is 5.64. The van der Waals surface area contributed by atoms with E-state index in [1.54, 1.807) is 6.20 Å². The first-order chi connectivity index (χ1) is 11.3. The van der Waals surface area contributed by atoms with Gasteiger partial charge in [0, 0.05) is 30.0 Å². The third kappa shape index (κ3) is 3.83. The smallest absolute Gasteiger partial charge is 0.171 e. The van der Waals surface area contributed by atoms with Gasteiger partial charge in [0.05, 0.1) is 6.04 Å². The number of anilines is 1. The number of nitrogens with two attached hydrogens (primary N) is 1. The molecule has 1 unspecified atom stereocenters. The molecule has 0 aliphatic rings. The van der Waals surface area contributed by atoms with Crippen molar-refractivity contribution in [3.05, 3.63) is 72.6 Å². The van der Waals surface area contributed by atoms with E-state index in [1.165, 1.54) is 0 Å². The van der Waals surface area contributed by atoms with Gasteiger partial charge in [0.2, 0.25) is 0 Å². The zero-order valence-corrected chi connectivity index (χ0v) is 13.4. The van der Waals surface area contributed by atoms with Gasteiger partial charge in [-0.3, -0.25) is 4.98 Å². The Balaban J connectivity index is 1.70. The highest BCUT2D eigenvalue weighted by atomic mass is 32.1. The summed E-state index contributed by atoms with van der Waals surface area (Å²) in [4.78, 5) is 4.12. The van der Waals surface area contributed by atoms with Crippen LogP contribution in [-0.4, -0.2) is 16.6 Å². The summed E-state index contributed by atoms with van der Waals surface area (Å²) in [5.74, 6) is 0. The van der Waals surface area contributed by atoms with Crippen LogP contribution in [0, 0.1) is 0 Å². The van der Waals surface area contributed by atoms with Crippen molar-refractivity contribution in [2.24, 2.45) is 5.73 Å². The fraction of sp³-hybridized carbons (Fsp3) is 0.111. The molecule has 0 saturated carbocycles. The van der Waals surface area contributed by atoms with E-state index in [4.69, 9.17) is 18.0 Å². The lowest BCUT2D eigenvalue weighted by atomic mass is 10.1. The van der Waals surface area contributed by atoms with Gasteiger partial charge in [-0.2, -0.15) is 0 Å². The molecule has 0 amide bonds. The summed E-state index contributed by atoms with van der Waals surface area (Å²) in [6.45, 7) is 0.467. The van der Waals surface area contributed by atoms with E-state index in [0.29, 0.717) is 11.7 Å². The topological polar surface area (TPSA) is 63.0 Å². The maximum Gasteiger partial charge on any atom is 0.171 e. The van der Waals surface area contributed by atoms with Crippen LogP contribution in [0.5, 0.6) is 0 Å². The van der Waals surface area contributed by atoms with E-state index in [-0.39, 0.29) is 6.04 Å². The lowest BCUT2D eigenvalue weighted by molar-refractivity contribution is 0.662. The van der Waals surface area contributed by atoms with Crippen LogP contribution in [0.3, 0.4) is 0 Å². The Kier molecular flexibility index (Phi) is 4.80. The number of fused-ring (bicyclic) bond motifs is 1. The van der Waals surface area contributed by atoms with Crippen molar-refractivity contribution in [2.45, 2.75) is 6.04 Å². The first-order valence-corrected chi connectivity index (χ1v) is 7.83. The van der Waals surface area contributed by atoms with Crippen LogP contribution in [0.1, 0.15) is 11.6 Å². The first kappa shape index (κ1) is 15.4. The number of thiocarbonyl (C=S) groups is 1. The van der Waals surface area contributed by atoms with E-state index < -0.39 is 0 Å². The zero-order valence-electron chi connectivity index (χ0n) is 12.6. The molecular weight excluding hydrogens is 304 g/mol. The molecule has 0 aliphatic carbocycles. The van der Waals surface area contributed by atoms with Gasteiger partial charge in [-0.1, -0.05) is 36.4 Å². The summed E-state index contributed by atoms with van der Waals surface area (Å²) in [5, 5.41) is 9.24. The Bertz CT molecular complexity index is 804.